The van der Waals surface area contributed by atoms with Crippen molar-refractivity contribution in [3.8, 4) is 0 Å². The van der Waals surface area contributed by atoms with Crippen LogP contribution in [0.1, 0.15) is 36.1 Å². The molecule has 0 spiro atoms. The van der Waals surface area contributed by atoms with Crippen LogP contribution in [-0.2, 0) is 33.5 Å². The van der Waals surface area contributed by atoms with Crippen LogP contribution < -0.4 is 0 Å². The SMILES string of the molecule is CC1(c2cccnc2)C2C(=O)N(Cc3ccccc3)C(=O)C21.CC1(c2cccnc2)C2CN(Cc3ccccc3)CC21. The molecule has 8 rings (SSSR count). The molecule has 4 aromatic rings. The fraction of sp³-hybridized carbons (Fsp3) is 0.333. The monoisotopic (exact) mass is 556 g/mol. The van der Waals surface area contributed by atoms with Gasteiger partial charge in [-0.3, -0.25) is 29.4 Å². The molecule has 2 aliphatic heterocycles. The van der Waals surface area contributed by atoms with Crippen LogP contribution in [0.3, 0.4) is 0 Å². The van der Waals surface area contributed by atoms with Crippen LogP contribution in [0.4, 0.5) is 0 Å². The lowest BCUT2D eigenvalue weighted by Crippen LogP contribution is -2.37. The van der Waals surface area contributed by atoms with E-state index in [9.17, 15) is 9.59 Å². The van der Waals surface area contributed by atoms with Gasteiger partial charge >= 0.3 is 0 Å². The summed E-state index contributed by atoms with van der Waals surface area (Å²) < 4.78 is 0. The number of rotatable bonds is 6. The maximum Gasteiger partial charge on any atom is 0.234 e. The van der Waals surface area contributed by atoms with Crippen LogP contribution in [-0.4, -0.2) is 44.7 Å². The number of nitrogens with zero attached hydrogens (tertiary/aromatic N) is 4. The Morgan fingerprint density at radius 2 is 1.12 bits per heavy atom. The van der Waals surface area contributed by atoms with E-state index in [1.54, 1.807) is 12.4 Å². The van der Waals surface area contributed by atoms with Gasteiger partial charge in [-0.2, -0.15) is 0 Å². The highest BCUT2D eigenvalue weighted by Crippen LogP contribution is 2.65. The molecule has 2 aliphatic carbocycles. The summed E-state index contributed by atoms with van der Waals surface area (Å²) in [5, 5.41) is 0. The number of carbonyl (C=O) groups is 2. The van der Waals surface area contributed by atoms with Crippen LogP contribution in [0.5, 0.6) is 0 Å². The lowest BCUT2D eigenvalue weighted by Gasteiger charge is -2.24. The zero-order valence-electron chi connectivity index (χ0n) is 24.1. The molecule has 2 saturated carbocycles. The van der Waals surface area contributed by atoms with Crippen molar-refractivity contribution in [1.29, 1.82) is 0 Å². The second kappa shape index (κ2) is 10.3. The van der Waals surface area contributed by atoms with Crippen molar-refractivity contribution in [2.24, 2.45) is 23.7 Å². The van der Waals surface area contributed by atoms with Gasteiger partial charge in [0, 0.05) is 55.3 Å². The van der Waals surface area contributed by atoms with Crippen molar-refractivity contribution in [3.05, 3.63) is 132 Å². The first kappa shape index (κ1) is 26.7. The van der Waals surface area contributed by atoms with Gasteiger partial charge in [-0.15, -0.1) is 0 Å². The Balaban J connectivity index is 0.000000138. The summed E-state index contributed by atoms with van der Waals surface area (Å²) in [7, 11) is 0. The van der Waals surface area contributed by atoms with E-state index in [2.05, 4.69) is 70.5 Å². The minimum absolute atomic E-state index is 0.0507. The first-order valence-corrected chi connectivity index (χ1v) is 14.9. The number of hydrogen-bond acceptors (Lipinski definition) is 5. The van der Waals surface area contributed by atoms with E-state index in [0.717, 1.165) is 29.5 Å². The maximum absolute atomic E-state index is 12.6. The second-order valence-corrected chi connectivity index (χ2v) is 12.6. The van der Waals surface area contributed by atoms with Crippen LogP contribution >= 0.6 is 0 Å². The van der Waals surface area contributed by atoms with E-state index in [1.807, 2.05) is 55.6 Å². The number of carbonyl (C=O) groups excluding carboxylic acids is 2. The average molecular weight is 557 g/mol. The van der Waals surface area contributed by atoms with Gasteiger partial charge in [0.25, 0.3) is 0 Å². The van der Waals surface area contributed by atoms with Gasteiger partial charge in [0.2, 0.25) is 11.8 Å². The number of imide groups is 1. The Bertz CT molecular complexity index is 1540. The van der Waals surface area contributed by atoms with E-state index in [4.69, 9.17) is 0 Å². The predicted molar refractivity (Wildman–Crippen MR) is 161 cm³/mol. The number of likely N-dealkylation sites (tertiary alicyclic amines) is 2. The third-order valence-electron chi connectivity index (χ3n) is 10.4. The molecule has 212 valence electrons. The molecule has 2 aromatic carbocycles. The van der Waals surface area contributed by atoms with Crippen molar-refractivity contribution in [2.75, 3.05) is 13.1 Å². The molecule has 4 heterocycles. The van der Waals surface area contributed by atoms with Crippen molar-refractivity contribution in [1.82, 2.24) is 19.8 Å². The first-order valence-electron chi connectivity index (χ1n) is 14.9. The number of aromatic nitrogens is 2. The lowest BCUT2D eigenvalue weighted by molar-refractivity contribution is -0.143. The van der Waals surface area contributed by atoms with Crippen LogP contribution in [0.25, 0.3) is 0 Å². The number of piperidine rings is 2. The fourth-order valence-electron chi connectivity index (χ4n) is 7.76. The van der Waals surface area contributed by atoms with E-state index < -0.39 is 0 Å². The fourth-order valence-corrected chi connectivity index (χ4v) is 7.76. The van der Waals surface area contributed by atoms with Gasteiger partial charge in [0.15, 0.2) is 0 Å². The van der Waals surface area contributed by atoms with Crippen molar-refractivity contribution >= 4 is 11.8 Å². The summed E-state index contributed by atoms with van der Waals surface area (Å²) in [6, 6.07) is 28.5. The summed E-state index contributed by atoms with van der Waals surface area (Å²) in [5.41, 5.74) is 4.81. The quantitative estimate of drug-likeness (QED) is 0.303. The number of hydrogen-bond donors (Lipinski definition) is 0. The number of benzene rings is 2. The lowest BCUT2D eigenvalue weighted by atomic mass is 9.93. The summed E-state index contributed by atoms with van der Waals surface area (Å²) in [6.07, 6.45) is 7.39. The van der Waals surface area contributed by atoms with Gasteiger partial charge in [-0.1, -0.05) is 86.6 Å². The van der Waals surface area contributed by atoms with Crippen LogP contribution in [0, 0.1) is 23.7 Å². The molecule has 6 nitrogen and oxygen atoms in total. The smallest absolute Gasteiger partial charge is 0.234 e. The van der Waals surface area contributed by atoms with Gasteiger partial charge in [-0.05, 0) is 46.2 Å². The highest BCUT2D eigenvalue weighted by atomic mass is 16.2. The molecular formula is C36H36N4O2. The highest BCUT2D eigenvalue weighted by molar-refractivity contribution is 6.11. The molecule has 2 amide bonds. The molecule has 4 fully saturated rings. The summed E-state index contributed by atoms with van der Waals surface area (Å²) in [4.78, 5) is 37.7. The third kappa shape index (κ3) is 4.36. The summed E-state index contributed by atoms with van der Waals surface area (Å²) >= 11 is 0. The maximum atomic E-state index is 12.6. The minimum Gasteiger partial charge on any atom is -0.298 e. The predicted octanol–water partition coefficient (Wildman–Crippen LogP) is 5.26. The third-order valence-corrected chi connectivity index (χ3v) is 10.4. The molecule has 4 atom stereocenters. The van der Waals surface area contributed by atoms with Crippen molar-refractivity contribution < 1.29 is 9.59 Å². The molecule has 0 N–H and O–H groups in total. The zero-order chi connectivity index (χ0) is 28.9. The molecule has 0 radical (unpaired) electrons. The van der Waals surface area contributed by atoms with E-state index in [0.29, 0.717) is 12.0 Å². The first-order chi connectivity index (χ1) is 20.4. The zero-order valence-corrected chi connectivity index (χ0v) is 24.1. The standard InChI is InChI=1S/C18H16N2O2.C18H20N2/c1-18(13-8-5-9-19-10-13)14-15(18)17(22)20(16(14)21)11-12-6-3-2-4-7-12;1-18(15-8-5-9-19-10-15)16-12-20(13-17(16)18)11-14-6-3-2-4-7-14/h2-10,14-15H,11H2,1H3;2-10,16-17H,11-13H2,1H3. The molecule has 42 heavy (non-hydrogen) atoms. The second-order valence-electron chi connectivity index (χ2n) is 12.6. The number of pyridine rings is 2. The molecule has 4 unspecified atom stereocenters. The van der Waals surface area contributed by atoms with E-state index in [-0.39, 0.29) is 29.1 Å². The molecule has 2 saturated heterocycles. The normalized spacial score (nSPS) is 30.8. The minimum atomic E-state index is -0.379. The molecule has 0 bridgehead atoms. The van der Waals surface area contributed by atoms with Gasteiger partial charge in [0.05, 0.1) is 18.4 Å². The Kier molecular flexibility index (Phi) is 6.54. The van der Waals surface area contributed by atoms with Gasteiger partial charge in [-0.25, -0.2) is 0 Å². The van der Waals surface area contributed by atoms with E-state index in [1.165, 1.54) is 29.1 Å². The van der Waals surface area contributed by atoms with Crippen molar-refractivity contribution in [2.45, 2.75) is 37.8 Å². The number of amides is 2. The average Bonchev–Trinajstić information content (AvgIpc) is 3.68. The van der Waals surface area contributed by atoms with Gasteiger partial charge in [0.1, 0.15) is 0 Å². The number of fused-ring (bicyclic) bond motifs is 2. The highest BCUT2D eigenvalue weighted by Gasteiger charge is 2.75. The summed E-state index contributed by atoms with van der Waals surface area (Å²) in [5.74, 6) is 1.07. The van der Waals surface area contributed by atoms with Gasteiger partial charge < -0.3 is 0 Å². The Morgan fingerprint density at radius 3 is 1.60 bits per heavy atom. The largest absolute Gasteiger partial charge is 0.298 e. The van der Waals surface area contributed by atoms with Crippen LogP contribution in [0.2, 0.25) is 0 Å². The van der Waals surface area contributed by atoms with E-state index >= 15 is 0 Å². The Labute approximate surface area is 247 Å². The molecule has 4 aliphatic rings. The molecule has 2 aromatic heterocycles. The summed E-state index contributed by atoms with van der Waals surface area (Å²) in [6.45, 7) is 8.33. The topological polar surface area (TPSA) is 66.4 Å². The Morgan fingerprint density at radius 1 is 0.643 bits per heavy atom. The van der Waals surface area contributed by atoms with Crippen molar-refractivity contribution in [3.63, 3.8) is 0 Å². The Hall–Kier alpha value is -4.16. The van der Waals surface area contributed by atoms with Crippen LogP contribution in [0.15, 0.2) is 110 Å². The molecular weight excluding hydrogens is 520 g/mol. The molecule has 6 heteroatoms.